The Kier molecular flexibility index (Phi) is 7.71. The van der Waals surface area contributed by atoms with Crippen molar-refractivity contribution in [2.45, 2.75) is 18.7 Å². The zero-order valence-electron chi connectivity index (χ0n) is 19.2. The van der Waals surface area contributed by atoms with Crippen LogP contribution in [-0.4, -0.2) is 37.1 Å². The first kappa shape index (κ1) is 24.6. The average Bonchev–Trinajstić information content (AvgIpc) is 3.30. The molecule has 4 rings (SSSR count). The fraction of sp³-hybridized carbons (Fsp3) is 0.120. The standard InChI is InChI=1S/C25H21N5O5S/c1-17(31)18-7-9-19(10-8-18)26-24(32)16-36-25-28-27-23(29(25)20-5-3-2-4-6-20)15-35-22-13-11-21(12-14-22)30(33)34/h2-14H,15-16H2,1H3,(H,26,32). The molecule has 4 aromatic rings. The van der Waals surface area contributed by atoms with Gasteiger partial charge in [0.25, 0.3) is 5.69 Å². The van der Waals surface area contributed by atoms with Gasteiger partial charge in [-0.05, 0) is 55.5 Å². The number of anilines is 1. The number of thioether (sulfide) groups is 1. The molecular weight excluding hydrogens is 482 g/mol. The van der Waals surface area contributed by atoms with Gasteiger partial charge in [-0.25, -0.2) is 0 Å². The number of hydrogen-bond acceptors (Lipinski definition) is 8. The SMILES string of the molecule is CC(=O)c1ccc(NC(=O)CSc2nnc(COc3ccc([N+](=O)[O-])cc3)n2-c2ccccc2)cc1. The number of ketones is 1. The Morgan fingerprint density at radius 3 is 2.33 bits per heavy atom. The van der Waals surface area contributed by atoms with E-state index >= 15 is 0 Å². The Balaban J connectivity index is 1.45. The molecular formula is C25H21N5O5S. The van der Waals surface area contributed by atoms with Crippen molar-refractivity contribution in [3.05, 3.63) is 100 Å². The van der Waals surface area contributed by atoms with Crippen molar-refractivity contribution >= 4 is 34.8 Å². The van der Waals surface area contributed by atoms with Crippen LogP contribution in [0.1, 0.15) is 23.1 Å². The molecule has 0 unspecified atom stereocenters. The number of ether oxygens (including phenoxy) is 1. The molecule has 0 bridgehead atoms. The molecule has 0 aliphatic heterocycles. The van der Waals surface area contributed by atoms with Crippen LogP contribution in [0, 0.1) is 10.1 Å². The van der Waals surface area contributed by atoms with Crippen LogP contribution in [-0.2, 0) is 11.4 Å². The molecule has 36 heavy (non-hydrogen) atoms. The lowest BCUT2D eigenvalue weighted by atomic mass is 10.1. The number of carbonyl (C=O) groups is 2. The van der Waals surface area contributed by atoms with Crippen LogP contribution in [0.25, 0.3) is 5.69 Å². The molecule has 0 aliphatic rings. The normalized spacial score (nSPS) is 10.6. The summed E-state index contributed by atoms with van der Waals surface area (Å²) in [5.41, 5.74) is 1.93. The van der Waals surface area contributed by atoms with Gasteiger partial charge in [0, 0.05) is 29.1 Å². The van der Waals surface area contributed by atoms with E-state index in [-0.39, 0.29) is 29.7 Å². The van der Waals surface area contributed by atoms with Gasteiger partial charge in [0.05, 0.1) is 10.7 Å². The summed E-state index contributed by atoms with van der Waals surface area (Å²) in [7, 11) is 0. The molecule has 3 aromatic carbocycles. The molecule has 10 nitrogen and oxygen atoms in total. The third kappa shape index (κ3) is 6.13. The zero-order valence-corrected chi connectivity index (χ0v) is 20.0. The summed E-state index contributed by atoms with van der Waals surface area (Å²) < 4.78 is 7.57. The van der Waals surface area contributed by atoms with E-state index in [1.54, 1.807) is 28.8 Å². The fourth-order valence-corrected chi connectivity index (χ4v) is 4.02. The minimum atomic E-state index is -0.476. The van der Waals surface area contributed by atoms with Gasteiger partial charge in [-0.3, -0.25) is 24.3 Å². The number of aromatic nitrogens is 3. The number of rotatable bonds is 10. The highest BCUT2D eigenvalue weighted by molar-refractivity contribution is 7.99. The minimum absolute atomic E-state index is 0.0263. The number of hydrogen-bond donors (Lipinski definition) is 1. The highest BCUT2D eigenvalue weighted by Gasteiger charge is 2.17. The van der Waals surface area contributed by atoms with Crippen LogP contribution < -0.4 is 10.1 Å². The minimum Gasteiger partial charge on any atom is -0.486 e. The van der Waals surface area contributed by atoms with Gasteiger partial charge in [-0.15, -0.1) is 10.2 Å². The van der Waals surface area contributed by atoms with Crippen LogP contribution in [0.3, 0.4) is 0 Å². The van der Waals surface area contributed by atoms with Crippen molar-refractivity contribution < 1.29 is 19.2 Å². The van der Waals surface area contributed by atoms with E-state index < -0.39 is 4.92 Å². The lowest BCUT2D eigenvalue weighted by Gasteiger charge is -2.11. The Morgan fingerprint density at radius 2 is 1.69 bits per heavy atom. The number of Topliss-reactive ketones (excluding diaryl/α,β-unsaturated/α-hetero) is 1. The van der Waals surface area contributed by atoms with E-state index in [4.69, 9.17) is 4.74 Å². The molecule has 1 heterocycles. The van der Waals surface area contributed by atoms with Crippen molar-refractivity contribution in [1.82, 2.24) is 14.8 Å². The fourth-order valence-electron chi connectivity index (χ4n) is 3.25. The molecule has 182 valence electrons. The molecule has 1 N–H and O–H groups in total. The second-order valence-electron chi connectivity index (χ2n) is 7.58. The second-order valence-corrected chi connectivity index (χ2v) is 8.52. The Labute approximate surface area is 210 Å². The topological polar surface area (TPSA) is 129 Å². The van der Waals surface area contributed by atoms with Gasteiger partial charge in [-0.2, -0.15) is 0 Å². The summed E-state index contributed by atoms with van der Waals surface area (Å²) in [6.45, 7) is 1.55. The van der Waals surface area contributed by atoms with Crippen molar-refractivity contribution in [1.29, 1.82) is 0 Å². The molecule has 0 aliphatic carbocycles. The van der Waals surface area contributed by atoms with E-state index in [2.05, 4.69) is 15.5 Å². The third-order valence-electron chi connectivity index (χ3n) is 5.04. The summed E-state index contributed by atoms with van der Waals surface area (Å²) in [6.07, 6.45) is 0. The van der Waals surface area contributed by atoms with Gasteiger partial charge >= 0.3 is 0 Å². The molecule has 1 aromatic heterocycles. The number of nitro benzene ring substituents is 1. The number of nitrogens with one attached hydrogen (secondary N) is 1. The predicted molar refractivity (Wildman–Crippen MR) is 135 cm³/mol. The van der Waals surface area contributed by atoms with Crippen molar-refractivity contribution in [2.24, 2.45) is 0 Å². The van der Waals surface area contributed by atoms with E-state index in [9.17, 15) is 19.7 Å². The van der Waals surface area contributed by atoms with Gasteiger partial charge in [0.15, 0.2) is 16.8 Å². The number of non-ortho nitro benzene ring substituents is 1. The molecule has 0 saturated heterocycles. The number of nitrogens with zero attached hydrogens (tertiary/aromatic N) is 4. The van der Waals surface area contributed by atoms with Crippen LogP contribution in [0.2, 0.25) is 0 Å². The molecule has 0 spiro atoms. The third-order valence-corrected chi connectivity index (χ3v) is 5.97. The smallest absolute Gasteiger partial charge is 0.269 e. The lowest BCUT2D eigenvalue weighted by Crippen LogP contribution is -2.15. The first-order chi connectivity index (χ1) is 17.4. The van der Waals surface area contributed by atoms with Crippen molar-refractivity contribution in [3.63, 3.8) is 0 Å². The molecule has 0 atom stereocenters. The Bertz CT molecular complexity index is 1370. The van der Waals surface area contributed by atoms with E-state index in [1.807, 2.05) is 30.3 Å². The summed E-state index contributed by atoms with van der Waals surface area (Å²) in [5, 5.41) is 22.6. The zero-order chi connectivity index (χ0) is 25.5. The molecule has 11 heteroatoms. The van der Waals surface area contributed by atoms with Crippen LogP contribution in [0.4, 0.5) is 11.4 Å². The van der Waals surface area contributed by atoms with Crippen molar-refractivity contribution in [3.8, 4) is 11.4 Å². The quantitative estimate of drug-likeness (QED) is 0.143. The first-order valence-corrected chi connectivity index (χ1v) is 11.8. The number of para-hydroxylation sites is 1. The Morgan fingerprint density at radius 1 is 1.00 bits per heavy atom. The van der Waals surface area contributed by atoms with E-state index in [1.165, 1.54) is 43.0 Å². The number of nitro groups is 1. The lowest BCUT2D eigenvalue weighted by molar-refractivity contribution is -0.384. The number of amides is 1. The highest BCUT2D eigenvalue weighted by Crippen LogP contribution is 2.24. The summed E-state index contributed by atoms with van der Waals surface area (Å²) >= 11 is 1.22. The predicted octanol–water partition coefficient (Wildman–Crippen LogP) is 4.69. The van der Waals surface area contributed by atoms with Gasteiger partial charge < -0.3 is 10.1 Å². The molecule has 0 saturated carbocycles. The van der Waals surface area contributed by atoms with Crippen LogP contribution in [0.5, 0.6) is 5.75 Å². The molecule has 1 amide bonds. The maximum atomic E-state index is 12.5. The van der Waals surface area contributed by atoms with Gasteiger partial charge in [-0.1, -0.05) is 30.0 Å². The van der Waals surface area contributed by atoms with Crippen LogP contribution >= 0.6 is 11.8 Å². The van der Waals surface area contributed by atoms with E-state index in [0.29, 0.717) is 28.0 Å². The molecule has 0 fully saturated rings. The highest BCUT2D eigenvalue weighted by atomic mass is 32.2. The summed E-state index contributed by atoms with van der Waals surface area (Å²) in [5.74, 6) is 0.761. The first-order valence-electron chi connectivity index (χ1n) is 10.8. The maximum absolute atomic E-state index is 12.5. The number of benzene rings is 3. The largest absolute Gasteiger partial charge is 0.486 e. The summed E-state index contributed by atoms with van der Waals surface area (Å²) in [6, 6.07) is 21.9. The van der Waals surface area contributed by atoms with Crippen molar-refractivity contribution in [2.75, 3.05) is 11.1 Å². The molecule has 0 radical (unpaired) electrons. The maximum Gasteiger partial charge on any atom is 0.269 e. The monoisotopic (exact) mass is 503 g/mol. The van der Waals surface area contributed by atoms with E-state index in [0.717, 1.165) is 5.69 Å². The average molecular weight is 504 g/mol. The second kappa shape index (κ2) is 11.3. The van der Waals surface area contributed by atoms with Gasteiger partial charge in [0.2, 0.25) is 5.91 Å². The van der Waals surface area contributed by atoms with Crippen LogP contribution in [0.15, 0.2) is 84.0 Å². The number of carbonyl (C=O) groups excluding carboxylic acids is 2. The Hall–Kier alpha value is -4.51. The van der Waals surface area contributed by atoms with Gasteiger partial charge in [0.1, 0.15) is 12.4 Å². The summed E-state index contributed by atoms with van der Waals surface area (Å²) in [4.78, 5) is 34.3.